The number of piperazine rings is 1. The maximum absolute atomic E-state index is 13.1. The normalized spacial score (nSPS) is 24.6. The molecule has 2 aliphatic rings. The Kier molecular flexibility index (Phi) is 6.96. The third-order valence-electron chi connectivity index (χ3n) is 5.89. The molecule has 3 atom stereocenters. The van der Waals surface area contributed by atoms with Gasteiger partial charge in [0, 0.05) is 50.5 Å². The van der Waals surface area contributed by atoms with Gasteiger partial charge >= 0.3 is 6.03 Å². The molecule has 1 aromatic rings. The molecule has 0 unspecified atom stereocenters. The Morgan fingerprint density at radius 1 is 1.32 bits per heavy atom. The van der Waals surface area contributed by atoms with Crippen LogP contribution in [-0.4, -0.2) is 74.8 Å². The number of carbonyl (C=O) groups excluding carboxylic acids is 3. The summed E-state index contributed by atoms with van der Waals surface area (Å²) >= 11 is 6.13. The minimum absolute atomic E-state index is 0.00474. The van der Waals surface area contributed by atoms with E-state index < -0.39 is 23.4 Å². The fourth-order valence-corrected chi connectivity index (χ4v) is 4.56. The lowest BCUT2D eigenvalue weighted by molar-refractivity contribution is -0.137. The van der Waals surface area contributed by atoms with Crippen molar-refractivity contribution in [3.63, 3.8) is 0 Å². The topological polar surface area (TPSA) is 100 Å². The van der Waals surface area contributed by atoms with E-state index in [-0.39, 0.29) is 25.0 Å². The van der Waals surface area contributed by atoms with Crippen LogP contribution in [0, 0.1) is 5.92 Å². The molecule has 2 heterocycles. The van der Waals surface area contributed by atoms with Gasteiger partial charge in [-0.15, -0.1) is 0 Å². The molecule has 4 amide bonds. The van der Waals surface area contributed by atoms with Crippen molar-refractivity contribution in [1.82, 2.24) is 15.5 Å². The van der Waals surface area contributed by atoms with Crippen molar-refractivity contribution in [2.24, 2.45) is 5.92 Å². The Morgan fingerprint density at radius 3 is 2.65 bits per heavy atom. The van der Waals surface area contributed by atoms with Gasteiger partial charge in [-0.3, -0.25) is 14.9 Å². The predicted octanol–water partition coefficient (Wildman–Crippen LogP) is 1.64. The van der Waals surface area contributed by atoms with Gasteiger partial charge in [0.05, 0.1) is 18.7 Å². The van der Waals surface area contributed by atoms with Crippen molar-refractivity contribution < 1.29 is 23.9 Å². The average molecular weight is 453 g/mol. The van der Waals surface area contributed by atoms with Crippen LogP contribution < -0.4 is 20.3 Å². The van der Waals surface area contributed by atoms with Gasteiger partial charge in [0.1, 0.15) is 11.3 Å². The Morgan fingerprint density at radius 2 is 2.06 bits per heavy atom. The van der Waals surface area contributed by atoms with Crippen LogP contribution in [-0.2, 0) is 14.3 Å². The fourth-order valence-electron chi connectivity index (χ4n) is 4.37. The number of halogens is 1. The summed E-state index contributed by atoms with van der Waals surface area (Å²) in [5.74, 6) is -0.369. The minimum Gasteiger partial charge on any atom is -0.495 e. The van der Waals surface area contributed by atoms with Gasteiger partial charge in [0.25, 0.3) is 5.91 Å². The summed E-state index contributed by atoms with van der Waals surface area (Å²) in [5, 5.41) is 5.42. The number of rotatable bonds is 7. The smallest absolute Gasteiger partial charge is 0.322 e. The van der Waals surface area contributed by atoms with Gasteiger partial charge < -0.3 is 24.6 Å². The predicted molar refractivity (Wildman–Crippen MR) is 116 cm³/mol. The molecule has 31 heavy (non-hydrogen) atoms. The summed E-state index contributed by atoms with van der Waals surface area (Å²) in [6.45, 7) is 5.59. The Bertz CT molecular complexity index is 866. The SMILES string of the molecule is COC[C@]1(C[C@H](C)C(=O)N2CCN(c3ccc(Cl)c(OC)c3)[C@@H](C)C2)NC(=O)NC1=O. The number of benzene rings is 1. The highest BCUT2D eigenvalue weighted by Crippen LogP contribution is 2.31. The Balaban J connectivity index is 1.66. The van der Waals surface area contributed by atoms with Crippen LogP contribution in [0.5, 0.6) is 5.75 Å². The third kappa shape index (κ3) is 4.72. The third-order valence-corrected chi connectivity index (χ3v) is 6.20. The van der Waals surface area contributed by atoms with Gasteiger partial charge in [0.2, 0.25) is 5.91 Å². The molecule has 1 aromatic carbocycles. The van der Waals surface area contributed by atoms with Gasteiger partial charge in [-0.05, 0) is 25.5 Å². The molecule has 0 spiro atoms. The molecule has 9 nitrogen and oxygen atoms in total. The maximum atomic E-state index is 13.1. The molecule has 0 aliphatic carbocycles. The number of imide groups is 1. The lowest BCUT2D eigenvalue weighted by Gasteiger charge is -2.42. The fraction of sp³-hybridized carbons (Fsp3) is 0.571. The zero-order valence-electron chi connectivity index (χ0n) is 18.2. The van der Waals surface area contributed by atoms with Crippen LogP contribution in [0.25, 0.3) is 0 Å². The molecule has 0 aromatic heterocycles. The number of hydrogen-bond donors (Lipinski definition) is 2. The second-order valence-electron chi connectivity index (χ2n) is 8.17. The first kappa shape index (κ1) is 23.1. The van der Waals surface area contributed by atoms with Crippen molar-refractivity contribution >= 4 is 35.1 Å². The zero-order valence-corrected chi connectivity index (χ0v) is 19.0. The number of carbonyl (C=O) groups is 3. The average Bonchev–Trinajstić information content (AvgIpc) is 3.00. The van der Waals surface area contributed by atoms with E-state index in [1.807, 2.05) is 17.0 Å². The Labute approximate surface area is 187 Å². The summed E-state index contributed by atoms with van der Waals surface area (Å²) in [4.78, 5) is 41.2. The van der Waals surface area contributed by atoms with Crippen LogP contribution in [0.15, 0.2) is 18.2 Å². The van der Waals surface area contributed by atoms with Gasteiger partial charge in [0.15, 0.2) is 0 Å². The summed E-state index contributed by atoms with van der Waals surface area (Å²) in [6.07, 6.45) is 0.167. The van der Waals surface area contributed by atoms with E-state index in [2.05, 4.69) is 22.5 Å². The van der Waals surface area contributed by atoms with Gasteiger partial charge in [-0.1, -0.05) is 18.5 Å². The van der Waals surface area contributed by atoms with Gasteiger partial charge in [-0.2, -0.15) is 0 Å². The number of urea groups is 1. The molecule has 10 heteroatoms. The summed E-state index contributed by atoms with van der Waals surface area (Å²) in [7, 11) is 3.04. The first-order valence-corrected chi connectivity index (χ1v) is 10.6. The first-order valence-electron chi connectivity index (χ1n) is 10.2. The highest BCUT2D eigenvalue weighted by molar-refractivity contribution is 6.32. The van der Waals surface area contributed by atoms with Gasteiger partial charge in [-0.25, -0.2) is 4.79 Å². The second kappa shape index (κ2) is 9.32. The molecular weight excluding hydrogens is 424 g/mol. The van der Waals surface area contributed by atoms with Crippen LogP contribution in [0.2, 0.25) is 5.02 Å². The number of hydrogen-bond acceptors (Lipinski definition) is 6. The molecule has 0 saturated carbocycles. The second-order valence-corrected chi connectivity index (χ2v) is 8.58. The molecule has 2 saturated heterocycles. The number of nitrogens with zero attached hydrogens (tertiary/aromatic N) is 2. The molecule has 2 fully saturated rings. The van der Waals surface area contributed by atoms with E-state index in [1.165, 1.54) is 7.11 Å². The highest BCUT2D eigenvalue weighted by Gasteiger charge is 2.48. The molecule has 170 valence electrons. The van der Waals surface area contributed by atoms with E-state index in [0.29, 0.717) is 30.4 Å². The molecule has 3 rings (SSSR count). The summed E-state index contributed by atoms with van der Waals surface area (Å²) < 4.78 is 10.5. The van der Waals surface area contributed by atoms with E-state index >= 15 is 0 Å². The Hall–Kier alpha value is -2.52. The molecule has 0 bridgehead atoms. The number of nitrogens with one attached hydrogen (secondary N) is 2. The molecule has 2 aliphatic heterocycles. The lowest BCUT2D eigenvalue weighted by atomic mass is 9.87. The highest BCUT2D eigenvalue weighted by atomic mass is 35.5. The maximum Gasteiger partial charge on any atom is 0.322 e. The quantitative estimate of drug-likeness (QED) is 0.610. The van der Waals surface area contributed by atoms with E-state index in [9.17, 15) is 14.4 Å². The number of anilines is 1. The van der Waals surface area contributed by atoms with E-state index in [1.54, 1.807) is 20.1 Å². The lowest BCUT2D eigenvalue weighted by Crippen LogP contribution is -2.57. The van der Waals surface area contributed by atoms with Crippen molar-refractivity contribution in [3.05, 3.63) is 23.2 Å². The molecule has 2 N–H and O–H groups in total. The largest absolute Gasteiger partial charge is 0.495 e. The number of methoxy groups -OCH3 is 2. The summed E-state index contributed by atoms with van der Waals surface area (Å²) in [6, 6.07) is 5.16. The minimum atomic E-state index is -1.23. The van der Waals surface area contributed by atoms with Crippen molar-refractivity contribution in [2.45, 2.75) is 31.8 Å². The molecule has 0 radical (unpaired) electrons. The standard InChI is InChI=1S/C21H29ClN4O5/c1-13(10-21(12-30-3)19(28)23-20(29)24-21)18(27)25-7-8-26(14(2)11-25)15-5-6-16(22)17(9-15)31-4/h5-6,9,13-14H,7-8,10-12H2,1-4H3,(H2,23,24,28,29)/t13-,14-,21-/m0/s1. The van der Waals surface area contributed by atoms with Crippen molar-refractivity contribution in [3.8, 4) is 5.75 Å². The van der Waals surface area contributed by atoms with Crippen LogP contribution in [0.4, 0.5) is 10.5 Å². The van der Waals surface area contributed by atoms with Crippen molar-refractivity contribution in [1.29, 1.82) is 0 Å². The van der Waals surface area contributed by atoms with E-state index in [0.717, 1.165) is 5.69 Å². The van der Waals surface area contributed by atoms with E-state index in [4.69, 9.17) is 21.1 Å². The van der Waals surface area contributed by atoms with Crippen molar-refractivity contribution in [2.75, 3.05) is 45.4 Å². The van der Waals surface area contributed by atoms with Crippen LogP contribution in [0.1, 0.15) is 20.3 Å². The molecular formula is C21H29ClN4O5. The number of amides is 4. The number of ether oxygens (including phenoxy) is 2. The monoisotopic (exact) mass is 452 g/mol. The summed E-state index contributed by atoms with van der Waals surface area (Å²) in [5.41, 5.74) is -0.243. The van der Waals surface area contributed by atoms with Crippen LogP contribution in [0.3, 0.4) is 0 Å². The van der Waals surface area contributed by atoms with Crippen LogP contribution >= 0.6 is 11.6 Å². The first-order chi connectivity index (χ1) is 14.7. The zero-order chi connectivity index (χ0) is 22.8.